The molecule has 86 valence electrons. The zero-order valence-electron chi connectivity index (χ0n) is 10.2. The van der Waals surface area contributed by atoms with Crippen LogP contribution in [0.3, 0.4) is 0 Å². The average molecular weight is 218 g/mol. The monoisotopic (exact) mass is 218 g/mol. The Morgan fingerprint density at radius 3 is 2.88 bits per heavy atom. The van der Waals surface area contributed by atoms with Gasteiger partial charge in [0.25, 0.3) is 0 Å². The molecule has 2 atom stereocenters. The second-order valence-electron chi connectivity index (χ2n) is 5.87. The first kappa shape index (κ1) is 10.2. The smallest absolute Gasteiger partial charge is 0.133 e. The van der Waals surface area contributed by atoms with Gasteiger partial charge in [-0.15, -0.1) is 0 Å². The van der Waals surface area contributed by atoms with Gasteiger partial charge in [0.05, 0.1) is 17.9 Å². The van der Waals surface area contributed by atoms with Crippen molar-refractivity contribution in [1.29, 1.82) is 0 Å². The van der Waals surface area contributed by atoms with Crippen LogP contribution >= 0.6 is 0 Å². The summed E-state index contributed by atoms with van der Waals surface area (Å²) in [6, 6.07) is 0. The van der Waals surface area contributed by atoms with E-state index in [1.54, 1.807) is 0 Å². The fourth-order valence-corrected chi connectivity index (χ4v) is 2.52. The fourth-order valence-electron chi connectivity index (χ4n) is 2.52. The average Bonchev–Trinajstić information content (AvgIpc) is 2.59. The number of nitrogens with zero attached hydrogens (tertiary/aromatic N) is 2. The lowest BCUT2D eigenvalue weighted by molar-refractivity contribution is 0.0305. The van der Waals surface area contributed by atoms with Gasteiger partial charge in [-0.05, 0) is 12.8 Å². The minimum Gasteiger partial charge on any atom is -0.370 e. The summed E-state index contributed by atoms with van der Waals surface area (Å²) in [4.78, 5) is 9.22. The molecule has 3 rings (SSSR count). The predicted octanol–water partition coefficient (Wildman–Crippen LogP) is 2.55. The molecule has 3 heterocycles. The summed E-state index contributed by atoms with van der Waals surface area (Å²) >= 11 is 0. The lowest BCUT2D eigenvalue weighted by atomic mass is 9.95. The summed E-state index contributed by atoms with van der Waals surface area (Å²) in [5, 5.41) is 0. The molecule has 3 heteroatoms. The largest absolute Gasteiger partial charge is 0.370 e. The van der Waals surface area contributed by atoms with Crippen LogP contribution in [0.1, 0.15) is 56.8 Å². The maximum absolute atomic E-state index is 5.87. The standard InChI is InChI=1S/C13H18N2O/c1-13(2,3)12-14-7-9-10(15-12)6-8-4-5-11(9)16-8/h7-8,11H,4-6H2,1-3H3. The molecule has 2 unspecified atom stereocenters. The van der Waals surface area contributed by atoms with Gasteiger partial charge in [0.2, 0.25) is 0 Å². The van der Waals surface area contributed by atoms with E-state index in [1.165, 1.54) is 17.7 Å². The third-order valence-electron chi connectivity index (χ3n) is 3.45. The molecule has 2 bridgehead atoms. The van der Waals surface area contributed by atoms with Crippen molar-refractivity contribution in [3.63, 3.8) is 0 Å². The van der Waals surface area contributed by atoms with Crippen LogP contribution in [0.15, 0.2) is 6.20 Å². The Bertz CT molecular complexity index is 422. The maximum Gasteiger partial charge on any atom is 0.133 e. The zero-order chi connectivity index (χ0) is 11.3. The van der Waals surface area contributed by atoms with Crippen LogP contribution < -0.4 is 0 Å². The number of fused-ring (bicyclic) bond motifs is 4. The zero-order valence-corrected chi connectivity index (χ0v) is 10.2. The van der Waals surface area contributed by atoms with Gasteiger partial charge in [0.1, 0.15) is 5.82 Å². The summed E-state index contributed by atoms with van der Waals surface area (Å²) in [5.74, 6) is 0.951. The summed E-state index contributed by atoms with van der Waals surface area (Å²) in [6.07, 6.45) is 5.93. The first-order chi connectivity index (χ1) is 7.54. The van der Waals surface area contributed by atoms with Gasteiger partial charge in [-0.2, -0.15) is 0 Å². The lowest BCUT2D eigenvalue weighted by Crippen LogP contribution is -2.23. The molecule has 2 aliphatic heterocycles. The number of ether oxygens (including phenoxy) is 1. The highest BCUT2D eigenvalue weighted by molar-refractivity contribution is 5.26. The number of aromatic nitrogens is 2. The molecule has 0 aromatic carbocycles. The summed E-state index contributed by atoms with van der Waals surface area (Å²) < 4.78 is 5.87. The van der Waals surface area contributed by atoms with Crippen LogP contribution in [0.5, 0.6) is 0 Å². The highest BCUT2D eigenvalue weighted by Crippen LogP contribution is 2.40. The Balaban J connectivity index is 2.04. The highest BCUT2D eigenvalue weighted by Gasteiger charge is 2.35. The van der Waals surface area contributed by atoms with E-state index in [9.17, 15) is 0 Å². The van der Waals surface area contributed by atoms with E-state index in [1.807, 2.05) is 6.20 Å². The van der Waals surface area contributed by atoms with Crippen molar-refractivity contribution in [2.24, 2.45) is 0 Å². The Morgan fingerprint density at radius 1 is 1.31 bits per heavy atom. The van der Waals surface area contributed by atoms with Crippen LogP contribution in [0, 0.1) is 0 Å². The molecule has 16 heavy (non-hydrogen) atoms. The van der Waals surface area contributed by atoms with Gasteiger partial charge in [-0.25, -0.2) is 9.97 Å². The Hall–Kier alpha value is -0.960. The minimum absolute atomic E-state index is 0.0341. The van der Waals surface area contributed by atoms with Gasteiger partial charge in [0.15, 0.2) is 0 Å². The summed E-state index contributed by atoms with van der Waals surface area (Å²) in [7, 11) is 0. The normalized spacial score (nSPS) is 27.9. The SMILES string of the molecule is CC(C)(C)c1ncc2c(n1)CC1CCC2O1. The molecule has 1 aromatic heterocycles. The predicted molar refractivity (Wildman–Crippen MR) is 61.3 cm³/mol. The number of hydrogen-bond acceptors (Lipinski definition) is 3. The van der Waals surface area contributed by atoms with E-state index in [-0.39, 0.29) is 11.5 Å². The van der Waals surface area contributed by atoms with Crippen molar-refractivity contribution in [2.45, 2.75) is 57.7 Å². The topological polar surface area (TPSA) is 35.0 Å². The number of rotatable bonds is 0. The molecule has 0 radical (unpaired) electrons. The van der Waals surface area contributed by atoms with Crippen molar-refractivity contribution in [3.05, 3.63) is 23.3 Å². The van der Waals surface area contributed by atoms with Crippen LogP contribution in [-0.4, -0.2) is 16.1 Å². The van der Waals surface area contributed by atoms with Gasteiger partial charge >= 0.3 is 0 Å². The van der Waals surface area contributed by atoms with Crippen LogP contribution in [0.2, 0.25) is 0 Å². The van der Waals surface area contributed by atoms with Crippen molar-refractivity contribution in [1.82, 2.24) is 9.97 Å². The Labute approximate surface area is 96.3 Å². The minimum atomic E-state index is 0.0341. The van der Waals surface area contributed by atoms with E-state index < -0.39 is 0 Å². The Kier molecular flexibility index (Phi) is 2.08. The molecule has 0 saturated carbocycles. The maximum atomic E-state index is 5.87. The van der Waals surface area contributed by atoms with E-state index in [2.05, 4.69) is 25.8 Å². The van der Waals surface area contributed by atoms with Gasteiger partial charge in [-0.1, -0.05) is 20.8 Å². The molecule has 3 nitrogen and oxygen atoms in total. The summed E-state index contributed by atoms with van der Waals surface area (Å²) in [5.41, 5.74) is 2.48. The summed E-state index contributed by atoms with van der Waals surface area (Å²) in [6.45, 7) is 6.47. The van der Waals surface area contributed by atoms with Crippen molar-refractivity contribution in [2.75, 3.05) is 0 Å². The lowest BCUT2D eigenvalue weighted by Gasteiger charge is -2.25. The molecule has 1 fully saturated rings. The third-order valence-corrected chi connectivity index (χ3v) is 3.45. The molecule has 0 aliphatic carbocycles. The van der Waals surface area contributed by atoms with Gasteiger partial charge in [0, 0.05) is 23.6 Å². The first-order valence-electron chi connectivity index (χ1n) is 6.06. The fraction of sp³-hybridized carbons (Fsp3) is 0.692. The quantitative estimate of drug-likeness (QED) is 0.671. The Morgan fingerprint density at radius 2 is 2.12 bits per heavy atom. The molecule has 2 aliphatic rings. The second kappa shape index (κ2) is 3.27. The molecule has 0 amide bonds. The molecule has 1 aromatic rings. The third kappa shape index (κ3) is 1.54. The van der Waals surface area contributed by atoms with Crippen LogP contribution in [0.25, 0.3) is 0 Å². The molecule has 1 saturated heterocycles. The van der Waals surface area contributed by atoms with Crippen LogP contribution in [0.4, 0.5) is 0 Å². The molecular weight excluding hydrogens is 200 g/mol. The molecular formula is C13H18N2O. The first-order valence-corrected chi connectivity index (χ1v) is 6.06. The van der Waals surface area contributed by atoms with Gasteiger partial charge < -0.3 is 4.74 Å². The number of hydrogen-bond donors (Lipinski definition) is 0. The van der Waals surface area contributed by atoms with Gasteiger partial charge in [-0.3, -0.25) is 0 Å². The van der Waals surface area contributed by atoms with E-state index in [4.69, 9.17) is 9.72 Å². The van der Waals surface area contributed by atoms with Crippen molar-refractivity contribution < 1.29 is 4.74 Å². The van der Waals surface area contributed by atoms with E-state index in [0.717, 1.165) is 18.7 Å². The molecule has 0 N–H and O–H groups in total. The van der Waals surface area contributed by atoms with E-state index >= 15 is 0 Å². The highest BCUT2D eigenvalue weighted by atomic mass is 16.5. The van der Waals surface area contributed by atoms with Crippen LogP contribution in [-0.2, 0) is 16.6 Å². The van der Waals surface area contributed by atoms with Crippen molar-refractivity contribution in [3.8, 4) is 0 Å². The van der Waals surface area contributed by atoms with E-state index in [0.29, 0.717) is 6.10 Å². The second-order valence-corrected chi connectivity index (χ2v) is 5.87. The molecule has 0 spiro atoms. The van der Waals surface area contributed by atoms with Crippen molar-refractivity contribution >= 4 is 0 Å².